The van der Waals surface area contributed by atoms with E-state index in [-0.39, 0.29) is 36.8 Å². The summed E-state index contributed by atoms with van der Waals surface area (Å²) in [5, 5.41) is 7.28. The lowest BCUT2D eigenvalue weighted by Gasteiger charge is -2.13. The molecule has 0 aliphatic carbocycles. The third-order valence-electron chi connectivity index (χ3n) is 3.02. The highest BCUT2D eigenvalue weighted by Gasteiger charge is 2.19. The molecule has 0 bridgehead atoms. The van der Waals surface area contributed by atoms with Gasteiger partial charge in [-0.15, -0.1) is 36.2 Å². The van der Waals surface area contributed by atoms with Crippen molar-refractivity contribution in [1.82, 2.24) is 15.6 Å². The second-order valence-electron chi connectivity index (χ2n) is 4.66. The van der Waals surface area contributed by atoms with Crippen LogP contribution in [0.4, 0.5) is 0 Å². The summed E-state index contributed by atoms with van der Waals surface area (Å²) in [6, 6.07) is 0.0237. The first-order chi connectivity index (χ1) is 8.15. The van der Waals surface area contributed by atoms with E-state index in [1.807, 2.05) is 20.0 Å². The smallest absolute Gasteiger partial charge is 0.220 e. The third kappa shape index (κ3) is 5.65. The number of carbonyl (C=O) groups excluding carboxylic acids is 1. The molecule has 4 nitrogen and oxygen atoms in total. The van der Waals surface area contributed by atoms with Crippen molar-refractivity contribution < 1.29 is 4.79 Å². The van der Waals surface area contributed by atoms with Crippen molar-refractivity contribution >= 4 is 42.1 Å². The lowest BCUT2D eigenvalue weighted by molar-refractivity contribution is -0.122. The molecule has 110 valence electrons. The molecule has 1 aromatic heterocycles. The molecule has 1 aliphatic rings. The Morgan fingerprint density at radius 2 is 2.37 bits per heavy atom. The molecule has 2 N–H and O–H groups in total. The van der Waals surface area contributed by atoms with Crippen molar-refractivity contribution in [1.29, 1.82) is 0 Å². The Morgan fingerprint density at radius 3 is 2.89 bits per heavy atom. The normalized spacial score (nSPS) is 19.2. The summed E-state index contributed by atoms with van der Waals surface area (Å²) in [6.45, 7) is 6.03. The fourth-order valence-corrected chi connectivity index (χ4v) is 2.86. The van der Waals surface area contributed by atoms with E-state index in [2.05, 4.69) is 15.6 Å². The number of amides is 1. The molecule has 2 rings (SSSR count). The Kier molecular flexibility index (Phi) is 8.57. The van der Waals surface area contributed by atoms with Crippen LogP contribution in [0.1, 0.15) is 35.7 Å². The number of carbonyl (C=O) groups is 1. The summed E-state index contributed by atoms with van der Waals surface area (Å²) in [4.78, 5) is 17.3. The molecule has 0 aromatic carbocycles. The zero-order chi connectivity index (χ0) is 12.3. The molecular weight excluding hydrogens is 305 g/mol. The van der Waals surface area contributed by atoms with Crippen molar-refractivity contribution in [2.45, 2.75) is 32.7 Å². The van der Waals surface area contributed by atoms with Crippen molar-refractivity contribution in [3.05, 3.63) is 16.1 Å². The van der Waals surface area contributed by atoms with Gasteiger partial charge in [-0.1, -0.05) is 0 Å². The SMILES string of the molecule is Cc1cnc(C(C)NC(=O)CC2CCNC2)s1.Cl.Cl. The zero-order valence-electron chi connectivity index (χ0n) is 11.1. The van der Waals surface area contributed by atoms with Crippen LogP contribution in [0.2, 0.25) is 0 Å². The molecular formula is C12H21Cl2N3OS. The van der Waals surface area contributed by atoms with Gasteiger partial charge in [0.2, 0.25) is 5.91 Å². The van der Waals surface area contributed by atoms with Crippen LogP contribution in [0.3, 0.4) is 0 Å². The summed E-state index contributed by atoms with van der Waals surface area (Å²) >= 11 is 1.64. The number of rotatable bonds is 4. The Labute approximate surface area is 130 Å². The predicted octanol–water partition coefficient (Wildman–Crippen LogP) is 2.47. The molecule has 1 saturated heterocycles. The number of aromatic nitrogens is 1. The van der Waals surface area contributed by atoms with Gasteiger partial charge in [-0.2, -0.15) is 0 Å². The van der Waals surface area contributed by atoms with E-state index >= 15 is 0 Å². The maximum Gasteiger partial charge on any atom is 0.220 e. The van der Waals surface area contributed by atoms with Gasteiger partial charge in [0.15, 0.2) is 0 Å². The highest BCUT2D eigenvalue weighted by atomic mass is 35.5. The zero-order valence-corrected chi connectivity index (χ0v) is 13.6. The molecule has 1 aromatic rings. The first kappa shape index (κ1) is 18.6. The minimum atomic E-state index is 0. The first-order valence-corrected chi connectivity index (χ1v) is 6.89. The summed E-state index contributed by atoms with van der Waals surface area (Å²) in [5.41, 5.74) is 0. The topological polar surface area (TPSA) is 54.0 Å². The van der Waals surface area contributed by atoms with Crippen LogP contribution in [0.5, 0.6) is 0 Å². The molecule has 2 unspecified atom stereocenters. The van der Waals surface area contributed by atoms with E-state index in [0.29, 0.717) is 12.3 Å². The van der Waals surface area contributed by atoms with Crippen molar-refractivity contribution in [2.75, 3.05) is 13.1 Å². The number of hydrogen-bond donors (Lipinski definition) is 2. The highest BCUT2D eigenvalue weighted by Crippen LogP contribution is 2.19. The average molecular weight is 326 g/mol. The van der Waals surface area contributed by atoms with Crippen molar-refractivity contribution in [2.24, 2.45) is 5.92 Å². The van der Waals surface area contributed by atoms with Gasteiger partial charge in [0.05, 0.1) is 6.04 Å². The molecule has 2 heterocycles. The van der Waals surface area contributed by atoms with Crippen LogP contribution in [-0.2, 0) is 4.79 Å². The molecule has 2 atom stereocenters. The Hall–Kier alpha value is -0.360. The fourth-order valence-electron chi connectivity index (χ4n) is 2.09. The quantitative estimate of drug-likeness (QED) is 0.894. The van der Waals surface area contributed by atoms with Gasteiger partial charge in [0, 0.05) is 17.5 Å². The van der Waals surface area contributed by atoms with Crippen LogP contribution in [0, 0.1) is 12.8 Å². The maximum atomic E-state index is 11.8. The highest BCUT2D eigenvalue weighted by molar-refractivity contribution is 7.11. The van der Waals surface area contributed by atoms with Gasteiger partial charge in [-0.05, 0) is 39.3 Å². The van der Waals surface area contributed by atoms with Gasteiger partial charge in [-0.25, -0.2) is 4.98 Å². The molecule has 1 amide bonds. The fraction of sp³-hybridized carbons (Fsp3) is 0.667. The molecule has 0 radical (unpaired) electrons. The van der Waals surface area contributed by atoms with Gasteiger partial charge in [0.25, 0.3) is 0 Å². The number of thiazole rings is 1. The molecule has 0 spiro atoms. The maximum absolute atomic E-state index is 11.8. The van der Waals surface area contributed by atoms with Crippen molar-refractivity contribution in [3.8, 4) is 0 Å². The predicted molar refractivity (Wildman–Crippen MR) is 83.5 cm³/mol. The van der Waals surface area contributed by atoms with E-state index in [4.69, 9.17) is 0 Å². The largest absolute Gasteiger partial charge is 0.347 e. The van der Waals surface area contributed by atoms with Crippen LogP contribution in [0.15, 0.2) is 6.20 Å². The summed E-state index contributed by atoms with van der Waals surface area (Å²) in [6.07, 6.45) is 3.59. The average Bonchev–Trinajstić information content (AvgIpc) is 2.89. The molecule has 1 aliphatic heterocycles. The Bertz CT molecular complexity index is 394. The van der Waals surface area contributed by atoms with E-state index in [9.17, 15) is 4.79 Å². The monoisotopic (exact) mass is 325 g/mol. The summed E-state index contributed by atoms with van der Waals surface area (Å²) in [5.74, 6) is 0.638. The Balaban J connectivity index is 0.00000162. The van der Waals surface area contributed by atoms with Crippen molar-refractivity contribution in [3.63, 3.8) is 0 Å². The van der Waals surface area contributed by atoms with Crippen LogP contribution >= 0.6 is 36.2 Å². The van der Waals surface area contributed by atoms with E-state index in [1.54, 1.807) is 11.3 Å². The Morgan fingerprint density at radius 1 is 1.63 bits per heavy atom. The van der Waals surface area contributed by atoms with E-state index < -0.39 is 0 Å². The molecule has 7 heteroatoms. The molecule has 0 saturated carbocycles. The van der Waals surface area contributed by atoms with Gasteiger partial charge in [-0.3, -0.25) is 4.79 Å². The van der Waals surface area contributed by atoms with Crippen LogP contribution in [0.25, 0.3) is 0 Å². The van der Waals surface area contributed by atoms with E-state index in [1.165, 1.54) is 4.88 Å². The standard InChI is InChI=1S/C12H19N3OS.2ClH/c1-8-6-14-12(17-8)9(2)15-11(16)5-10-3-4-13-7-10;;/h6,9-10,13H,3-5,7H2,1-2H3,(H,15,16);2*1H. The number of halogens is 2. The molecule has 1 fully saturated rings. The second-order valence-corrected chi connectivity index (χ2v) is 5.93. The first-order valence-electron chi connectivity index (χ1n) is 6.07. The third-order valence-corrected chi connectivity index (χ3v) is 4.12. The number of nitrogens with zero attached hydrogens (tertiary/aromatic N) is 1. The summed E-state index contributed by atoms with van der Waals surface area (Å²) in [7, 11) is 0. The lowest BCUT2D eigenvalue weighted by atomic mass is 10.0. The molecule has 19 heavy (non-hydrogen) atoms. The number of aryl methyl sites for hydroxylation is 1. The van der Waals surface area contributed by atoms with Crippen LogP contribution < -0.4 is 10.6 Å². The lowest BCUT2D eigenvalue weighted by Crippen LogP contribution is -2.28. The van der Waals surface area contributed by atoms with Gasteiger partial charge >= 0.3 is 0 Å². The van der Waals surface area contributed by atoms with E-state index in [0.717, 1.165) is 24.5 Å². The minimum Gasteiger partial charge on any atom is -0.347 e. The van der Waals surface area contributed by atoms with Gasteiger partial charge < -0.3 is 10.6 Å². The second kappa shape index (κ2) is 8.74. The number of hydrogen-bond acceptors (Lipinski definition) is 4. The minimum absolute atomic E-state index is 0. The van der Waals surface area contributed by atoms with Crippen LogP contribution in [-0.4, -0.2) is 24.0 Å². The summed E-state index contributed by atoms with van der Waals surface area (Å²) < 4.78 is 0. The number of nitrogens with one attached hydrogen (secondary N) is 2. The van der Waals surface area contributed by atoms with Gasteiger partial charge in [0.1, 0.15) is 5.01 Å².